The molecule has 2 rings (SSSR count). The fourth-order valence-corrected chi connectivity index (χ4v) is 2.89. The Hall–Kier alpha value is -1.59. The van der Waals surface area contributed by atoms with Crippen LogP contribution >= 0.6 is 11.6 Å². The number of halogens is 1. The highest BCUT2D eigenvalue weighted by Gasteiger charge is 2.28. The number of carbonyl (C=O) groups excluding carboxylic acids is 1. The van der Waals surface area contributed by atoms with Crippen LogP contribution in [0.15, 0.2) is 24.3 Å². The predicted molar refractivity (Wildman–Crippen MR) is 82.6 cm³/mol. The number of nitrogens with zero attached hydrogens (tertiary/aromatic N) is 1. The predicted octanol–water partition coefficient (Wildman–Crippen LogP) is 2.48. The lowest BCUT2D eigenvalue weighted by molar-refractivity contribution is -0.141. The fourth-order valence-electron chi connectivity index (χ4n) is 2.77. The third kappa shape index (κ3) is 4.45. The molecule has 1 atom stereocenters. The number of hydrogen-bond acceptors (Lipinski definition) is 3. The molecule has 1 aromatic carbocycles. The van der Waals surface area contributed by atoms with E-state index < -0.39 is 12.1 Å². The quantitative estimate of drug-likeness (QED) is 0.871. The van der Waals surface area contributed by atoms with Crippen LogP contribution in [0.3, 0.4) is 0 Å². The van der Waals surface area contributed by atoms with Crippen molar-refractivity contribution in [1.29, 1.82) is 0 Å². The molecule has 0 radical (unpaired) electrons. The molecule has 0 saturated carbocycles. The summed E-state index contributed by atoms with van der Waals surface area (Å²) in [7, 11) is 0. The smallest absolute Gasteiger partial charge is 0.303 e. The van der Waals surface area contributed by atoms with Gasteiger partial charge in [0.2, 0.25) is 5.91 Å². The van der Waals surface area contributed by atoms with Crippen molar-refractivity contribution in [2.75, 3.05) is 13.1 Å². The van der Waals surface area contributed by atoms with Gasteiger partial charge in [-0.15, -0.1) is 0 Å². The summed E-state index contributed by atoms with van der Waals surface area (Å²) in [5, 5.41) is 19.7. The Labute approximate surface area is 134 Å². The van der Waals surface area contributed by atoms with Gasteiger partial charge in [-0.3, -0.25) is 9.59 Å². The molecule has 0 aromatic heterocycles. The van der Waals surface area contributed by atoms with Gasteiger partial charge in [-0.1, -0.05) is 23.7 Å². The number of piperidine rings is 1. The maximum Gasteiger partial charge on any atom is 0.303 e. The number of benzene rings is 1. The summed E-state index contributed by atoms with van der Waals surface area (Å²) in [6, 6.07) is 7.14. The Morgan fingerprint density at radius 3 is 2.32 bits per heavy atom. The van der Waals surface area contributed by atoms with Crippen LogP contribution in [-0.4, -0.2) is 40.1 Å². The number of amides is 1. The number of aliphatic hydroxyl groups excluding tert-OH is 1. The van der Waals surface area contributed by atoms with Crippen LogP contribution in [0.2, 0.25) is 5.02 Å². The van der Waals surface area contributed by atoms with Gasteiger partial charge < -0.3 is 15.1 Å². The second-order valence-corrected chi connectivity index (χ2v) is 6.04. The molecule has 0 spiro atoms. The van der Waals surface area contributed by atoms with E-state index in [9.17, 15) is 14.7 Å². The summed E-state index contributed by atoms with van der Waals surface area (Å²) >= 11 is 5.84. The van der Waals surface area contributed by atoms with Crippen molar-refractivity contribution in [2.45, 2.75) is 31.8 Å². The number of rotatable bonds is 5. The highest BCUT2D eigenvalue weighted by Crippen LogP contribution is 2.31. The summed E-state index contributed by atoms with van der Waals surface area (Å²) in [5.41, 5.74) is 0.833. The molecule has 6 heteroatoms. The van der Waals surface area contributed by atoms with Gasteiger partial charge >= 0.3 is 5.97 Å². The molecule has 5 nitrogen and oxygen atoms in total. The van der Waals surface area contributed by atoms with E-state index in [-0.39, 0.29) is 24.7 Å². The molecule has 0 aliphatic carbocycles. The van der Waals surface area contributed by atoms with Gasteiger partial charge in [0.05, 0.1) is 12.5 Å². The monoisotopic (exact) mass is 325 g/mol. The number of carboxylic acids is 1. The van der Waals surface area contributed by atoms with E-state index in [4.69, 9.17) is 16.7 Å². The van der Waals surface area contributed by atoms with E-state index >= 15 is 0 Å². The Bertz CT molecular complexity index is 523. The first-order chi connectivity index (χ1) is 10.5. The molecule has 1 aliphatic rings. The molecule has 22 heavy (non-hydrogen) atoms. The van der Waals surface area contributed by atoms with Crippen molar-refractivity contribution in [3.05, 3.63) is 34.9 Å². The minimum Gasteiger partial charge on any atom is -0.481 e. The topological polar surface area (TPSA) is 77.8 Å². The van der Waals surface area contributed by atoms with Crippen LogP contribution in [0.4, 0.5) is 0 Å². The van der Waals surface area contributed by atoms with E-state index in [0.29, 0.717) is 31.0 Å². The second kappa shape index (κ2) is 7.61. The van der Waals surface area contributed by atoms with Crippen LogP contribution < -0.4 is 0 Å². The number of carbonyl (C=O) groups is 2. The van der Waals surface area contributed by atoms with Crippen molar-refractivity contribution < 1.29 is 19.8 Å². The zero-order valence-electron chi connectivity index (χ0n) is 12.2. The zero-order chi connectivity index (χ0) is 16.1. The molecular weight excluding hydrogens is 306 g/mol. The van der Waals surface area contributed by atoms with Crippen molar-refractivity contribution in [3.8, 4) is 0 Å². The molecule has 1 fully saturated rings. The third-order valence-electron chi connectivity index (χ3n) is 4.10. The summed E-state index contributed by atoms with van der Waals surface area (Å²) in [5.74, 6) is -0.979. The van der Waals surface area contributed by atoms with Crippen LogP contribution in [-0.2, 0) is 9.59 Å². The highest BCUT2D eigenvalue weighted by atomic mass is 35.5. The first-order valence-electron chi connectivity index (χ1n) is 7.40. The largest absolute Gasteiger partial charge is 0.481 e. The number of hydrogen-bond donors (Lipinski definition) is 2. The number of carboxylic acid groups (broad SMARTS) is 1. The van der Waals surface area contributed by atoms with Crippen molar-refractivity contribution in [1.82, 2.24) is 4.90 Å². The molecule has 1 aliphatic heterocycles. The van der Waals surface area contributed by atoms with Crippen LogP contribution in [0.1, 0.15) is 37.4 Å². The van der Waals surface area contributed by atoms with Crippen LogP contribution in [0.25, 0.3) is 0 Å². The minimum absolute atomic E-state index is 0.0414. The second-order valence-electron chi connectivity index (χ2n) is 5.61. The number of aliphatic hydroxyl groups is 1. The van der Waals surface area contributed by atoms with E-state index in [1.165, 1.54) is 0 Å². The zero-order valence-corrected chi connectivity index (χ0v) is 13.0. The molecule has 1 aromatic rings. The maximum absolute atomic E-state index is 11.9. The summed E-state index contributed by atoms with van der Waals surface area (Å²) in [6.45, 7) is 1.13. The van der Waals surface area contributed by atoms with E-state index in [0.717, 1.165) is 5.56 Å². The molecule has 1 heterocycles. The normalized spacial score (nSPS) is 17.3. The average Bonchev–Trinajstić information content (AvgIpc) is 2.53. The van der Waals surface area contributed by atoms with Gasteiger partial charge in [0.15, 0.2) is 0 Å². The van der Waals surface area contributed by atoms with Crippen LogP contribution in [0.5, 0.6) is 0 Å². The lowest BCUT2D eigenvalue weighted by Crippen LogP contribution is -2.39. The van der Waals surface area contributed by atoms with E-state index in [1.807, 2.05) is 12.1 Å². The van der Waals surface area contributed by atoms with E-state index in [1.54, 1.807) is 17.0 Å². The molecule has 120 valence electrons. The SMILES string of the molecule is O=C(O)CCC(=O)N1CCC(C(O)c2ccc(Cl)cc2)CC1. The Morgan fingerprint density at radius 2 is 1.77 bits per heavy atom. The summed E-state index contributed by atoms with van der Waals surface area (Å²) < 4.78 is 0. The van der Waals surface area contributed by atoms with Gasteiger partial charge in [0.1, 0.15) is 0 Å². The Morgan fingerprint density at radius 1 is 1.18 bits per heavy atom. The fraction of sp³-hybridized carbons (Fsp3) is 0.500. The highest BCUT2D eigenvalue weighted by molar-refractivity contribution is 6.30. The number of aliphatic carboxylic acids is 1. The van der Waals surface area contributed by atoms with Crippen molar-refractivity contribution in [2.24, 2.45) is 5.92 Å². The van der Waals surface area contributed by atoms with Crippen LogP contribution in [0, 0.1) is 5.92 Å². The summed E-state index contributed by atoms with van der Waals surface area (Å²) in [4.78, 5) is 24.1. The molecule has 0 bridgehead atoms. The van der Waals surface area contributed by atoms with E-state index in [2.05, 4.69) is 0 Å². The third-order valence-corrected chi connectivity index (χ3v) is 4.36. The molecule has 2 N–H and O–H groups in total. The summed E-state index contributed by atoms with van der Waals surface area (Å²) in [6.07, 6.45) is 0.769. The molecular formula is C16H20ClNO4. The minimum atomic E-state index is -0.957. The lowest BCUT2D eigenvalue weighted by Gasteiger charge is -2.34. The Kier molecular flexibility index (Phi) is 5.80. The van der Waals surface area contributed by atoms with Gasteiger partial charge in [-0.25, -0.2) is 0 Å². The first-order valence-corrected chi connectivity index (χ1v) is 7.78. The Balaban J connectivity index is 1.85. The first kappa shape index (κ1) is 16.8. The van der Waals surface area contributed by atoms with Gasteiger partial charge in [0.25, 0.3) is 0 Å². The average molecular weight is 326 g/mol. The standard InChI is InChI=1S/C16H20ClNO4/c17-13-3-1-11(2-4-13)16(22)12-7-9-18(10-8-12)14(19)5-6-15(20)21/h1-4,12,16,22H,5-10H2,(H,20,21). The maximum atomic E-state index is 11.9. The van der Waals surface area contributed by atoms with Gasteiger partial charge in [-0.05, 0) is 36.5 Å². The molecule has 1 saturated heterocycles. The number of likely N-dealkylation sites (tertiary alicyclic amines) is 1. The van der Waals surface area contributed by atoms with Crippen molar-refractivity contribution >= 4 is 23.5 Å². The molecule has 1 amide bonds. The lowest BCUT2D eigenvalue weighted by atomic mass is 9.87. The van der Waals surface area contributed by atoms with Gasteiger partial charge in [0, 0.05) is 24.5 Å². The van der Waals surface area contributed by atoms with Gasteiger partial charge in [-0.2, -0.15) is 0 Å². The molecule has 1 unspecified atom stereocenters. The van der Waals surface area contributed by atoms with Crippen molar-refractivity contribution in [3.63, 3.8) is 0 Å².